The van der Waals surface area contributed by atoms with Gasteiger partial charge < -0.3 is 0 Å². The highest BCUT2D eigenvalue weighted by Crippen LogP contribution is 2.16. The van der Waals surface area contributed by atoms with Crippen LogP contribution in [0.25, 0.3) is 10.8 Å². The van der Waals surface area contributed by atoms with Crippen molar-refractivity contribution < 1.29 is 8.42 Å². The van der Waals surface area contributed by atoms with Crippen molar-refractivity contribution >= 4 is 32.4 Å². The van der Waals surface area contributed by atoms with E-state index in [9.17, 15) is 13.2 Å². The summed E-state index contributed by atoms with van der Waals surface area (Å²) in [6.07, 6.45) is 0. The molecule has 0 fully saturated rings. The van der Waals surface area contributed by atoms with Crippen LogP contribution in [-0.4, -0.2) is 18.6 Å². The summed E-state index contributed by atoms with van der Waals surface area (Å²) in [6.45, 7) is -0.0394. The molecule has 0 saturated heterocycles. The van der Waals surface area contributed by atoms with Crippen LogP contribution in [0.1, 0.15) is 5.69 Å². The lowest BCUT2D eigenvalue weighted by Crippen LogP contribution is -2.25. The Morgan fingerprint density at radius 3 is 2.39 bits per heavy atom. The van der Waals surface area contributed by atoms with Crippen LogP contribution in [0.3, 0.4) is 0 Å². The van der Waals surface area contributed by atoms with Gasteiger partial charge >= 0.3 is 0 Å². The number of sulfonamides is 1. The molecule has 1 aromatic heterocycles. The minimum absolute atomic E-state index is 0.0394. The normalized spacial score (nSPS) is 11.7. The van der Waals surface area contributed by atoms with Crippen molar-refractivity contribution in [2.24, 2.45) is 0 Å². The summed E-state index contributed by atoms with van der Waals surface area (Å²) in [5, 5.41) is 7.82. The van der Waals surface area contributed by atoms with Gasteiger partial charge in [0.1, 0.15) is 0 Å². The van der Waals surface area contributed by atoms with E-state index in [0.29, 0.717) is 21.5 Å². The molecular weight excluding hydrogens is 338 g/mol. The number of halogens is 1. The third-order valence-electron chi connectivity index (χ3n) is 3.33. The SMILES string of the molecule is O=c1[nH]nc(CNS(=O)(=O)c2ccc(Cl)cc2)c2ccccc12. The van der Waals surface area contributed by atoms with E-state index in [-0.39, 0.29) is 17.0 Å². The van der Waals surface area contributed by atoms with E-state index in [4.69, 9.17) is 11.6 Å². The molecule has 0 aliphatic rings. The summed E-state index contributed by atoms with van der Waals surface area (Å²) in [5.41, 5.74) is 0.127. The van der Waals surface area contributed by atoms with E-state index in [0.717, 1.165) is 0 Å². The first-order valence-corrected chi connectivity index (χ1v) is 8.55. The summed E-state index contributed by atoms with van der Waals surface area (Å²) in [7, 11) is -3.69. The fourth-order valence-corrected chi connectivity index (χ4v) is 3.28. The number of fused-ring (bicyclic) bond motifs is 1. The number of H-pyrrole nitrogens is 1. The number of benzene rings is 2. The van der Waals surface area contributed by atoms with Gasteiger partial charge in [-0.25, -0.2) is 18.2 Å². The van der Waals surface area contributed by atoms with Crippen LogP contribution >= 0.6 is 11.6 Å². The van der Waals surface area contributed by atoms with Crippen molar-refractivity contribution in [3.05, 3.63) is 69.6 Å². The third kappa shape index (κ3) is 3.26. The van der Waals surface area contributed by atoms with Crippen LogP contribution in [0.5, 0.6) is 0 Å². The smallest absolute Gasteiger partial charge is 0.267 e. The Kier molecular flexibility index (Phi) is 4.16. The topological polar surface area (TPSA) is 91.9 Å². The van der Waals surface area contributed by atoms with Crippen molar-refractivity contribution in [1.82, 2.24) is 14.9 Å². The van der Waals surface area contributed by atoms with Gasteiger partial charge in [-0.3, -0.25) is 4.79 Å². The molecule has 0 atom stereocenters. The summed E-state index contributed by atoms with van der Waals surface area (Å²) in [5.74, 6) is 0. The number of aromatic amines is 1. The Morgan fingerprint density at radius 1 is 1.04 bits per heavy atom. The molecule has 1 heterocycles. The predicted octanol–water partition coefficient (Wildman–Crippen LogP) is 2.05. The molecular formula is C15H12ClN3O3S. The first-order valence-electron chi connectivity index (χ1n) is 6.69. The van der Waals surface area contributed by atoms with Gasteiger partial charge in [-0.2, -0.15) is 5.10 Å². The maximum Gasteiger partial charge on any atom is 0.272 e. The van der Waals surface area contributed by atoms with Crippen molar-refractivity contribution in [2.75, 3.05) is 0 Å². The van der Waals surface area contributed by atoms with Crippen molar-refractivity contribution in [2.45, 2.75) is 11.4 Å². The third-order valence-corrected chi connectivity index (χ3v) is 5.00. The highest BCUT2D eigenvalue weighted by atomic mass is 35.5. The molecule has 3 rings (SSSR count). The van der Waals surface area contributed by atoms with Gasteiger partial charge in [-0.05, 0) is 30.3 Å². The highest BCUT2D eigenvalue weighted by molar-refractivity contribution is 7.89. The molecule has 2 aromatic carbocycles. The number of hydrogen-bond acceptors (Lipinski definition) is 4. The Hall–Kier alpha value is -2.22. The Morgan fingerprint density at radius 2 is 1.70 bits per heavy atom. The molecule has 8 heteroatoms. The van der Waals surface area contributed by atoms with Crippen molar-refractivity contribution in [3.63, 3.8) is 0 Å². The van der Waals surface area contributed by atoms with Crippen LogP contribution in [0.2, 0.25) is 5.02 Å². The maximum absolute atomic E-state index is 12.3. The van der Waals surface area contributed by atoms with E-state index in [1.54, 1.807) is 24.3 Å². The molecule has 0 spiro atoms. The second-order valence-electron chi connectivity index (χ2n) is 4.82. The first-order chi connectivity index (χ1) is 11.0. The summed E-state index contributed by atoms with van der Waals surface area (Å²) in [6, 6.07) is 12.7. The Labute approximate surface area is 137 Å². The molecule has 0 unspecified atom stereocenters. The molecule has 0 aliphatic heterocycles. The van der Waals surface area contributed by atoms with E-state index >= 15 is 0 Å². The molecule has 3 aromatic rings. The van der Waals surface area contributed by atoms with Gasteiger partial charge in [0.05, 0.1) is 22.5 Å². The molecule has 0 amide bonds. The number of hydrogen-bond donors (Lipinski definition) is 2. The van der Waals surface area contributed by atoms with Crippen LogP contribution in [0.4, 0.5) is 0 Å². The monoisotopic (exact) mass is 349 g/mol. The van der Waals surface area contributed by atoms with Crippen LogP contribution in [0.15, 0.2) is 58.2 Å². The molecule has 118 valence electrons. The largest absolute Gasteiger partial charge is 0.272 e. The molecule has 6 nitrogen and oxygen atoms in total. The zero-order chi connectivity index (χ0) is 16.4. The fraction of sp³-hybridized carbons (Fsp3) is 0.0667. The van der Waals surface area contributed by atoms with E-state index in [1.807, 2.05) is 0 Å². The van der Waals surface area contributed by atoms with Gasteiger partial charge in [0, 0.05) is 10.4 Å². The number of nitrogens with one attached hydrogen (secondary N) is 2. The fourth-order valence-electron chi connectivity index (χ4n) is 2.17. The number of rotatable bonds is 4. The molecule has 0 aliphatic carbocycles. The average molecular weight is 350 g/mol. The standard InChI is InChI=1S/C15H12ClN3O3S/c16-10-5-7-11(8-6-10)23(21,22)17-9-14-12-3-1-2-4-13(12)15(20)19-18-14/h1-8,17H,9H2,(H,19,20). The van der Waals surface area contributed by atoms with Gasteiger partial charge in [0.15, 0.2) is 0 Å². The van der Waals surface area contributed by atoms with Gasteiger partial charge in [0.25, 0.3) is 5.56 Å². The molecule has 0 bridgehead atoms. The minimum Gasteiger partial charge on any atom is -0.267 e. The van der Waals surface area contributed by atoms with E-state index < -0.39 is 10.0 Å². The molecule has 2 N–H and O–H groups in total. The van der Waals surface area contributed by atoms with E-state index in [1.165, 1.54) is 24.3 Å². The van der Waals surface area contributed by atoms with Crippen molar-refractivity contribution in [1.29, 1.82) is 0 Å². The second-order valence-corrected chi connectivity index (χ2v) is 7.03. The van der Waals surface area contributed by atoms with Gasteiger partial charge in [0.2, 0.25) is 10.0 Å². The summed E-state index contributed by atoms with van der Waals surface area (Å²) < 4.78 is 27.0. The first kappa shape index (κ1) is 15.7. The second kappa shape index (κ2) is 6.11. The summed E-state index contributed by atoms with van der Waals surface area (Å²) >= 11 is 5.76. The van der Waals surface area contributed by atoms with Crippen LogP contribution in [0, 0.1) is 0 Å². The lowest BCUT2D eigenvalue weighted by atomic mass is 10.1. The Balaban J connectivity index is 1.90. The average Bonchev–Trinajstić information content (AvgIpc) is 2.55. The zero-order valence-corrected chi connectivity index (χ0v) is 13.4. The predicted molar refractivity (Wildman–Crippen MR) is 87.8 cm³/mol. The molecule has 0 saturated carbocycles. The van der Waals surface area contributed by atoms with Crippen molar-refractivity contribution in [3.8, 4) is 0 Å². The van der Waals surface area contributed by atoms with Crippen LogP contribution in [-0.2, 0) is 16.6 Å². The maximum atomic E-state index is 12.3. The zero-order valence-electron chi connectivity index (χ0n) is 11.8. The molecule has 0 radical (unpaired) electrons. The summed E-state index contributed by atoms with van der Waals surface area (Å²) in [4.78, 5) is 11.8. The van der Waals surface area contributed by atoms with Gasteiger partial charge in [-0.1, -0.05) is 29.8 Å². The van der Waals surface area contributed by atoms with E-state index in [2.05, 4.69) is 14.9 Å². The van der Waals surface area contributed by atoms with Crippen LogP contribution < -0.4 is 10.3 Å². The molecule has 23 heavy (non-hydrogen) atoms. The Bertz CT molecular complexity index is 1010. The van der Waals surface area contributed by atoms with Gasteiger partial charge in [-0.15, -0.1) is 0 Å². The number of nitrogens with zero attached hydrogens (tertiary/aromatic N) is 1. The highest BCUT2D eigenvalue weighted by Gasteiger charge is 2.15. The lowest BCUT2D eigenvalue weighted by molar-refractivity contribution is 0.580. The minimum atomic E-state index is -3.69. The quantitative estimate of drug-likeness (QED) is 0.754. The lowest BCUT2D eigenvalue weighted by Gasteiger charge is -2.08. The number of aromatic nitrogens is 2.